The molecule has 5 unspecified atom stereocenters. The minimum atomic E-state index is -1.45. The van der Waals surface area contributed by atoms with E-state index in [9.17, 15) is 15.0 Å². The summed E-state index contributed by atoms with van der Waals surface area (Å²) in [6, 6.07) is 0. The summed E-state index contributed by atoms with van der Waals surface area (Å²) in [4.78, 5) is 11.4. The largest absolute Gasteiger partial charge is 0.462 e. The van der Waals surface area contributed by atoms with Crippen molar-refractivity contribution in [2.75, 3.05) is 0 Å². The van der Waals surface area contributed by atoms with Gasteiger partial charge in [0.05, 0.1) is 5.60 Å². The smallest absolute Gasteiger partial charge is 0.302 e. The number of ether oxygens (including phenoxy) is 1. The average molecular weight is 395 g/mol. The van der Waals surface area contributed by atoms with Crippen molar-refractivity contribution >= 4 is 5.97 Å². The van der Waals surface area contributed by atoms with E-state index in [1.807, 2.05) is 0 Å². The second-order valence-corrected chi connectivity index (χ2v) is 10.5. The maximum Gasteiger partial charge on any atom is 0.302 e. The van der Waals surface area contributed by atoms with Crippen molar-refractivity contribution in [3.63, 3.8) is 0 Å². The van der Waals surface area contributed by atoms with Crippen LogP contribution >= 0.6 is 0 Å². The molecule has 4 fully saturated rings. The van der Waals surface area contributed by atoms with Crippen LogP contribution in [0.4, 0.5) is 4.39 Å². The van der Waals surface area contributed by atoms with Crippen LogP contribution in [0.5, 0.6) is 0 Å². The molecule has 0 radical (unpaired) electrons. The van der Waals surface area contributed by atoms with Crippen molar-refractivity contribution < 1.29 is 24.1 Å². The van der Waals surface area contributed by atoms with Crippen LogP contribution < -0.4 is 0 Å². The Morgan fingerprint density at radius 1 is 1.11 bits per heavy atom. The number of esters is 1. The van der Waals surface area contributed by atoms with Gasteiger partial charge in [-0.3, -0.25) is 4.79 Å². The van der Waals surface area contributed by atoms with Crippen LogP contribution in [-0.4, -0.2) is 39.7 Å². The van der Waals surface area contributed by atoms with Gasteiger partial charge in [0.25, 0.3) is 0 Å². The zero-order chi connectivity index (χ0) is 20.5. The molecular weight excluding hydrogens is 359 g/mol. The van der Waals surface area contributed by atoms with Gasteiger partial charge in [-0.05, 0) is 62.7 Å². The van der Waals surface area contributed by atoms with Gasteiger partial charge in [0, 0.05) is 24.2 Å². The van der Waals surface area contributed by atoms with Crippen LogP contribution in [0.2, 0.25) is 0 Å². The van der Waals surface area contributed by atoms with E-state index in [1.54, 1.807) is 6.08 Å². The van der Waals surface area contributed by atoms with E-state index in [4.69, 9.17) is 4.74 Å². The lowest BCUT2D eigenvalue weighted by Crippen LogP contribution is -2.68. The number of carbonyl (C=O) groups is 1. The molecule has 5 heteroatoms. The van der Waals surface area contributed by atoms with E-state index in [0.717, 1.165) is 19.3 Å². The van der Waals surface area contributed by atoms with E-state index in [1.165, 1.54) is 6.92 Å². The number of fused-ring (bicyclic) bond motifs is 5. The van der Waals surface area contributed by atoms with Gasteiger partial charge in [0.15, 0.2) is 0 Å². The monoisotopic (exact) mass is 394 g/mol. The molecule has 4 aliphatic carbocycles. The Labute approximate surface area is 167 Å². The summed E-state index contributed by atoms with van der Waals surface area (Å²) in [5, 5.41) is 22.7. The summed E-state index contributed by atoms with van der Waals surface area (Å²) < 4.78 is 21.0. The highest BCUT2D eigenvalue weighted by Crippen LogP contribution is 2.69. The number of hydrogen-bond donors (Lipinski definition) is 2. The molecule has 0 saturated heterocycles. The average Bonchev–Trinajstić information content (AvgIpc) is 2.89. The third kappa shape index (κ3) is 2.44. The Balaban J connectivity index is 1.65. The fraction of sp³-hybridized carbons (Fsp3) is 0.870. The molecule has 4 rings (SSSR count). The molecule has 0 spiro atoms. The zero-order valence-electron chi connectivity index (χ0n) is 17.4. The number of halogens is 1. The lowest BCUT2D eigenvalue weighted by atomic mass is 9.42. The van der Waals surface area contributed by atoms with Gasteiger partial charge in [-0.1, -0.05) is 19.9 Å². The second kappa shape index (κ2) is 6.28. The molecule has 0 bridgehead atoms. The number of carbonyl (C=O) groups excluding carboxylic acids is 1. The molecular formula is C23H35FO4. The first-order chi connectivity index (χ1) is 13.0. The summed E-state index contributed by atoms with van der Waals surface area (Å²) in [7, 11) is 0. The molecule has 0 aromatic heterocycles. The van der Waals surface area contributed by atoms with E-state index in [0.29, 0.717) is 25.7 Å². The van der Waals surface area contributed by atoms with Crippen LogP contribution in [0.3, 0.4) is 0 Å². The van der Waals surface area contributed by atoms with Crippen molar-refractivity contribution in [1.29, 1.82) is 0 Å². The highest BCUT2D eigenvalue weighted by atomic mass is 19.1. The molecule has 0 aromatic carbocycles. The Morgan fingerprint density at radius 3 is 2.36 bits per heavy atom. The normalized spacial score (nSPS) is 55.6. The van der Waals surface area contributed by atoms with Crippen LogP contribution in [-0.2, 0) is 9.53 Å². The quantitative estimate of drug-likeness (QED) is 0.550. The van der Waals surface area contributed by atoms with Gasteiger partial charge in [0.1, 0.15) is 17.9 Å². The van der Waals surface area contributed by atoms with Gasteiger partial charge in [-0.2, -0.15) is 0 Å². The fourth-order valence-electron chi connectivity index (χ4n) is 7.91. The van der Waals surface area contributed by atoms with Crippen LogP contribution in [0.25, 0.3) is 0 Å². The predicted molar refractivity (Wildman–Crippen MR) is 104 cm³/mol. The first kappa shape index (κ1) is 20.3. The Kier molecular flexibility index (Phi) is 4.56. The topological polar surface area (TPSA) is 66.8 Å². The molecule has 0 aromatic rings. The molecule has 158 valence electrons. The molecule has 2 N–H and O–H groups in total. The molecule has 4 saturated carbocycles. The summed E-state index contributed by atoms with van der Waals surface area (Å²) in [5.74, 6) is 0.274. The molecule has 28 heavy (non-hydrogen) atoms. The highest BCUT2D eigenvalue weighted by molar-refractivity contribution is 5.66. The second-order valence-electron chi connectivity index (χ2n) is 10.5. The van der Waals surface area contributed by atoms with Gasteiger partial charge < -0.3 is 14.9 Å². The summed E-state index contributed by atoms with van der Waals surface area (Å²) in [5.41, 5.74) is -3.12. The van der Waals surface area contributed by atoms with E-state index < -0.39 is 28.9 Å². The highest BCUT2D eigenvalue weighted by Gasteiger charge is 2.69. The van der Waals surface area contributed by atoms with E-state index in [-0.39, 0.29) is 35.6 Å². The molecule has 0 aliphatic heterocycles. The number of alkyl halides is 1. The van der Waals surface area contributed by atoms with Crippen molar-refractivity contribution in [1.82, 2.24) is 0 Å². The third-order valence-corrected chi connectivity index (χ3v) is 9.65. The van der Waals surface area contributed by atoms with E-state index >= 15 is 4.39 Å². The number of aliphatic hydroxyl groups is 2. The first-order valence-corrected chi connectivity index (χ1v) is 10.9. The Hall–Kier alpha value is -0.940. The molecule has 0 amide bonds. The van der Waals surface area contributed by atoms with Crippen LogP contribution in [0.1, 0.15) is 72.1 Å². The molecule has 0 heterocycles. The SMILES string of the molecule is C=C[C@]1(O)CCC2C3CC(F)[C@@]4(O)CC(OC(C)=O)CC[C@]4(C)C3CC[C@@]21C. The summed E-state index contributed by atoms with van der Waals surface area (Å²) in [6.45, 7) is 9.45. The lowest BCUT2D eigenvalue weighted by Gasteiger charge is -2.65. The van der Waals surface area contributed by atoms with Crippen LogP contribution in [0.15, 0.2) is 12.7 Å². The van der Waals surface area contributed by atoms with Crippen molar-refractivity contribution in [2.45, 2.75) is 95.6 Å². The zero-order valence-corrected chi connectivity index (χ0v) is 17.4. The van der Waals surface area contributed by atoms with Gasteiger partial charge in [-0.25, -0.2) is 4.39 Å². The molecule has 4 nitrogen and oxygen atoms in total. The van der Waals surface area contributed by atoms with Gasteiger partial charge >= 0.3 is 5.97 Å². The minimum absolute atomic E-state index is 0.165. The standard InChI is InChI=1S/C23H35FO4/c1-5-22(26)11-8-17-16-12-19(24)23(27)13-15(28-14(2)25)6-9-21(23,4)18(16)7-10-20(17,22)3/h5,15-19,26-27H,1,6-13H2,2-4H3/t15?,16?,17?,18?,19?,20-,21+,22-,23-/m0/s1. The Morgan fingerprint density at radius 2 is 1.71 bits per heavy atom. The number of rotatable bonds is 2. The van der Waals surface area contributed by atoms with Crippen molar-refractivity contribution in [3.05, 3.63) is 12.7 Å². The maximum absolute atomic E-state index is 15.6. The summed E-state index contributed by atoms with van der Waals surface area (Å²) >= 11 is 0. The van der Waals surface area contributed by atoms with Gasteiger partial charge in [0.2, 0.25) is 0 Å². The van der Waals surface area contributed by atoms with E-state index in [2.05, 4.69) is 20.4 Å². The fourth-order valence-corrected chi connectivity index (χ4v) is 7.91. The minimum Gasteiger partial charge on any atom is -0.462 e. The van der Waals surface area contributed by atoms with Crippen LogP contribution in [0, 0.1) is 28.6 Å². The van der Waals surface area contributed by atoms with Crippen molar-refractivity contribution in [3.8, 4) is 0 Å². The summed E-state index contributed by atoms with van der Waals surface area (Å²) in [6.07, 6.45) is 5.15. The molecule has 9 atom stereocenters. The lowest BCUT2D eigenvalue weighted by molar-refractivity contribution is -0.254. The first-order valence-electron chi connectivity index (χ1n) is 10.9. The maximum atomic E-state index is 15.6. The Bertz CT molecular complexity index is 682. The van der Waals surface area contributed by atoms with Gasteiger partial charge in [-0.15, -0.1) is 6.58 Å². The predicted octanol–water partition coefficient (Wildman–Crippen LogP) is 3.94. The molecule has 4 aliphatic rings. The third-order valence-electron chi connectivity index (χ3n) is 9.65. The van der Waals surface area contributed by atoms with Crippen molar-refractivity contribution in [2.24, 2.45) is 28.6 Å². The number of hydrogen-bond acceptors (Lipinski definition) is 4.